The Morgan fingerprint density at radius 1 is 0.889 bits per heavy atom. The third-order valence-electron chi connectivity index (χ3n) is 7.39. The zero-order valence-corrected chi connectivity index (χ0v) is 20.4. The lowest BCUT2D eigenvalue weighted by molar-refractivity contribution is -0.162. The van der Waals surface area contributed by atoms with Crippen LogP contribution in [0, 0.1) is 17.2 Å². The van der Waals surface area contributed by atoms with Crippen molar-refractivity contribution in [2.75, 3.05) is 13.1 Å². The van der Waals surface area contributed by atoms with Crippen LogP contribution in [0.2, 0.25) is 0 Å². The zero-order chi connectivity index (χ0) is 26.4. The molecule has 2 aromatic rings. The highest BCUT2D eigenvalue weighted by molar-refractivity contribution is 5.43. The van der Waals surface area contributed by atoms with Crippen LogP contribution in [0.1, 0.15) is 74.1 Å². The second-order valence-corrected chi connectivity index (χ2v) is 9.63. The minimum atomic E-state index is -5.18. The fourth-order valence-corrected chi connectivity index (χ4v) is 5.47. The highest BCUT2D eigenvalue weighted by Gasteiger charge is 2.46. The largest absolute Gasteiger partial charge is 0.417 e. The van der Waals surface area contributed by atoms with Crippen molar-refractivity contribution in [2.45, 2.75) is 76.2 Å². The number of alkyl halides is 6. The van der Waals surface area contributed by atoms with Crippen LogP contribution in [-0.4, -0.2) is 18.0 Å². The van der Waals surface area contributed by atoms with E-state index in [0.717, 1.165) is 37.4 Å². The van der Waals surface area contributed by atoms with E-state index in [1.54, 1.807) is 0 Å². The monoisotopic (exact) mass is 510 g/mol. The summed E-state index contributed by atoms with van der Waals surface area (Å²) in [5, 5.41) is 10.4. The molecule has 0 N–H and O–H groups in total. The third-order valence-corrected chi connectivity index (χ3v) is 7.39. The average molecular weight is 511 g/mol. The van der Waals surface area contributed by atoms with Crippen molar-refractivity contribution in [1.82, 2.24) is 4.90 Å². The number of hydrogen-bond acceptors (Lipinski definition) is 2. The molecule has 0 aliphatic heterocycles. The van der Waals surface area contributed by atoms with Crippen LogP contribution in [0.5, 0.6) is 0 Å². The fraction of sp³-hybridized carbons (Fsp3) is 0.536. The molecule has 196 valence electrons. The summed E-state index contributed by atoms with van der Waals surface area (Å²) in [5.41, 5.74) is -3.52. The Bertz CT molecular complexity index is 1020. The van der Waals surface area contributed by atoms with E-state index in [-0.39, 0.29) is 11.5 Å². The summed E-state index contributed by atoms with van der Waals surface area (Å²) in [5.74, 6) is -0.196. The molecule has 0 aromatic heterocycles. The van der Waals surface area contributed by atoms with Crippen LogP contribution < -0.4 is 0 Å². The Morgan fingerprint density at radius 3 is 2.08 bits per heavy atom. The van der Waals surface area contributed by atoms with Crippen LogP contribution in [-0.2, 0) is 24.3 Å². The lowest BCUT2D eigenvalue weighted by Gasteiger charge is -2.39. The van der Waals surface area contributed by atoms with Crippen LogP contribution >= 0.6 is 0 Å². The lowest BCUT2D eigenvalue weighted by atomic mass is 9.63. The summed E-state index contributed by atoms with van der Waals surface area (Å²) < 4.78 is 81.3. The van der Waals surface area contributed by atoms with E-state index in [9.17, 15) is 31.6 Å². The van der Waals surface area contributed by atoms with Gasteiger partial charge < -0.3 is 0 Å². The molecule has 1 aliphatic rings. The van der Waals surface area contributed by atoms with Gasteiger partial charge in [-0.1, -0.05) is 62.6 Å². The molecular weight excluding hydrogens is 478 g/mol. The highest BCUT2D eigenvalue weighted by atomic mass is 19.4. The molecule has 1 fully saturated rings. The number of rotatable bonds is 9. The van der Waals surface area contributed by atoms with Crippen molar-refractivity contribution < 1.29 is 26.3 Å². The van der Waals surface area contributed by atoms with Crippen molar-refractivity contribution in [3.63, 3.8) is 0 Å². The molecule has 1 unspecified atom stereocenters. The van der Waals surface area contributed by atoms with Gasteiger partial charge in [-0.05, 0) is 68.0 Å². The molecular formula is C28H32F6N2. The Hall–Kier alpha value is -2.53. The summed E-state index contributed by atoms with van der Waals surface area (Å²) in [6.07, 6.45) is -5.42. The Morgan fingerprint density at radius 2 is 1.53 bits per heavy atom. The predicted octanol–water partition coefficient (Wildman–Crippen LogP) is 8.37. The molecule has 36 heavy (non-hydrogen) atoms. The summed E-state index contributed by atoms with van der Waals surface area (Å²) >= 11 is 0. The quantitative estimate of drug-likeness (QED) is 0.317. The summed E-state index contributed by atoms with van der Waals surface area (Å²) in [4.78, 5) is 2.20. The minimum absolute atomic E-state index is 0.0448. The molecule has 0 heterocycles. The van der Waals surface area contributed by atoms with Crippen molar-refractivity contribution in [3.8, 4) is 6.07 Å². The van der Waals surface area contributed by atoms with Gasteiger partial charge in [-0.15, -0.1) is 0 Å². The van der Waals surface area contributed by atoms with Gasteiger partial charge in [-0.3, -0.25) is 4.90 Å². The fourth-order valence-electron chi connectivity index (χ4n) is 5.47. The van der Waals surface area contributed by atoms with Crippen molar-refractivity contribution >= 4 is 0 Å². The topological polar surface area (TPSA) is 27.0 Å². The maximum Gasteiger partial charge on any atom is 0.417 e. The Kier molecular flexibility index (Phi) is 9.10. The zero-order valence-electron chi connectivity index (χ0n) is 20.4. The van der Waals surface area contributed by atoms with Crippen molar-refractivity contribution in [3.05, 3.63) is 70.8 Å². The molecule has 1 atom stereocenters. The van der Waals surface area contributed by atoms with Gasteiger partial charge in [0.2, 0.25) is 0 Å². The molecule has 0 amide bonds. The van der Waals surface area contributed by atoms with Gasteiger partial charge in [-0.2, -0.15) is 31.6 Å². The second-order valence-electron chi connectivity index (χ2n) is 9.63. The van der Waals surface area contributed by atoms with E-state index in [2.05, 4.69) is 11.0 Å². The Balaban J connectivity index is 1.93. The SMILES string of the molecule is CCN(CCCC(C#N)(c1ccc(C(F)(F)F)c(C(F)(F)F)c1)C1CCCCC1)Cc1ccccc1. The maximum absolute atomic E-state index is 13.7. The van der Waals surface area contributed by atoms with E-state index in [1.807, 2.05) is 37.3 Å². The van der Waals surface area contributed by atoms with E-state index < -0.39 is 28.9 Å². The van der Waals surface area contributed by atoms with Gasteiger partial charge >= 0.3 is 12.4 Å². The predicted molar refractivity (Wildman–Crippen MR) is 127 cm³/mol. The van der Waals surface area contributed by atoms with E-state index in [0.29, 0.717) is 50.9 Å². The number of hydrogen-bond donors (Lipinski definition) is 0. The number of benzene rings is 2. The molecule has 0 saturated heterocycles. The second kappa shape index (κ2) is 11.7. The van der Waals surface area contributed by atoms with Crippen molar-refractivity contribution in [1.29, 1.82) is 5.26 Å². The highest BCUT2D eigenvalue weighted by Crippen LogP contribution is 2.47. The first kappa shape index (κ1) is 28.0. The molecule has 2 nitrogen and oxygen atoms in total. The van der Waals surface area contributed by atoms with Gasteiger partial charge in [0.05, 0.1) is 22.6 Å². The van der Waals surface area contributed by atoms with Crippen LogP contribution in [0.15, 0.2) is 48.5 Å². The summed E-state index contributed by atoms with van der Waals surface area (Å²) in [6, 6.07) is 14.4. The Labute approximate surface area is 208 Å². The molecule has 8 heteroatoms. The third kappa shape index (κ3) is 6.61. The van der Waals surface area contributed by atoms with Gasteiger partial charge in [-0.25, -0.2) is 0 Å². The van der Waals surface area contributed by atoms with Gasteiger partial charge in [0, 0.05) is 6.54 Å². The van der Waals surface area contributed by atoms with Crippen LogP contribution in [0.4, 0.5) is 26.3 Å². The van der Waals surface area contributed by atoms with Gasteiger partial charge in [0.15, 0.2) is 0 Å². The molecule has 0 radical (unpaired) electrons. The summed E-state index contributed by atoms with van der Waals surface area (Å²) in [6.45, 7) is 4.12. The molecule has 3 rings (SSSR count). The molecule has 1 saturated carbocycles. The van der Waals surface area contributed by atoms with Crippen LogP contribution in [0.25, 0.3) is 0 Å². The average Bonchev–Trinajstić information content (AvgIpc) is 2.86. The molecule has 0 bridgehead atoms. The van der Waals surface area contributed by atoms with E-state index >= 15 is 0 Å². The van der Waals surface area contributed by atoms with Gasteiger partial charge in [0.25, 0.3) is 0 Å². The van der Waals surface area contributed by atoms with E-state index in [4.69, 9.17) is 0 Å². The smallest absolute Gasteiger partial charge is 0.299 e. The van der Waals surface area contributed by atoms with Crippen molar-refractivity contribution in [2.24, 2.45) is 5.92 Å². The molecule has 0 spiro atoms. The molecule has 2 aromatic carbocycles. The first-order chi connectivity index (χ1) is 17.0. The standard InChI is InChI=1S/C28H32F6N2/c1-2-36(19-21-10-5-3-6-11-21)17-9-16-26(20-35,22-12-7-4-8-13-22)23-14-15-24(27(29,30)31)25(18-23)28(32,33)34/h3,5-6,10-11,14-15,18,22H,2,4,7-9,12-13,16-17,19H2,1H3. The first-order valence-electron chi connectivity index (χ1n) is 12.5. The van der Waals surface area contributed by atoms with Crippen LogP contribution in [0.3, 0.4) is 0 Å². The summed E-state index contributed by atoms with van der Waals surface area (Å²) in [7, 11) is 0. The lowest BCUT2D eigenvalue weighted by Crippen LogP contribution is -2.37. The number of halogens is 6. The normalized spacial score (nSPS) is 17.1. The first-order valence-corrected chi connectivity index (χ1v) is 12.5. The minimum Gasteiger partial charge on any atom is -0.299 e. The number of nitriles is 1. The van der Waals surface area contributed by atoms with Gasteiger partial charge in [0.1, 0.15) is 0 Å². The van der Waals surface area contributed by atoms with E-state index in [1.165, 1.54) is 0 Å². The molecule has 1 aliphatic carbocycles. The maximum atomic E-state index is 13.7. The number of nitrogens with zero attached hydrogens (tertiary/aromatic N) is 2.